The predicted octanol–water partition coefficient (Wildman–Crippen LogP) is 3.46. The molecular weight excluding hydrogens is 386 g/mol. The third-order valence-electron chi connectivity index (χ3n) is 5.50. The lowest BCUT2D eigenvalue weighted by Crippen LogP contribution is -2.43. The molecule has 0 unspecified atom stereocenters. The van der Waals surface area contributed by atoms with Crippen molar-refractivity contribution in [2.75, 3.05) is 18.1 Å². The van der Waals surface area contributed by atoms with Crippen molar-refractivity contribution in [3.8, 4) is 5.75 Å². The van der Waals surface area contributed by atoms with E-state index >= 15 is 0 Å². The minimum atomic E-state index is -3.09. The molecule has 0 bridgehead atoms. The van der Waals surface area contributed by atoms with Crippen molar-refractivity contribution in [3.63, 3.8) is 0 Å². The SMILES string of the molecule is CCc1ccc(CN(C(=O)COc2c(C)cccc2C)[C@H]2CCS(=O)(=O)C2)cc1. The minimum Gasteiger partial charge on any atom is -0.483 e. The van der Waals surface area contributed by atoms with Crippen LogP contribution in [0.2, 0.25) is 0 Å². The molecule has 2 aromatic rings. The molecule has 1 heterocycles. The van der Waals surface area contributed by atoms with Gasteiger partial charge in [0.05, 0.1) is 11.5 Å². The van der Waals surface area contributed by atoms with Gasteiger partial charge in [-0.25, -0.2) is 8.42 Å². The van der Waals surface area contributed by atoms with E-state index in [1.54, 1.807) is 4.90 Å². The quantitative estimate of drug-likeness (QED) is 0.695. The Balaban J connectivity index is 1.77. The molecule has 2 aromatic carbocycles. The van der Waals surface area contributed by atoms with Gasteiger partial charge < -0.3 is 9.64 Å². The van der Waals surface area contributed by atoms with E-state index in [1.807, 2.05) is 44.2 Å². The summed E-state index contributed by atoms with van der Waals surface area (Å²) >= 11 is 0. The molecule has 156 valence electrons. The number of hydrogen-bond donors (Lipinski definition) is 0. The Kier molecular flexibility index (Phi) is 6.63. The number of carbonyl (C=O) groups excluding carboxylic acids is 1. The number of benzene rings is 2. The van der Waals surface area contributed by atoms with Crippen LogP contribution in [0.4, 0.5) is 0 Å². The van der Waals surface area contributed by atoms with Gasteiger partial charge in [0.1, 0.15) is 5.75 Å². The highest BCUT2D eigenvalue weighted by atomic mass is 32.2. The lowest BCUT2D eigenvalue weighted by atomic mass is 10.1. The summed E-state index contributed by atoms with van der Waals surface area (Å²) in [5, 5.41) is 0. The second kappa shape index (κ2) is 8.99. The van der Waals surface area contributed by atoms with Crippen LogP contribution in [0.1, 0.15) is 35.6 Å². The Morgan fingerprint density at radius 2 is 1.69 bits per heavy atom. The molecule has 1 aliphatic heterocycles. The van der Waals surface area contributed by atoms with Crippen molar-refractivity contribution in [2.24, 2.45) is 0 Å². The number of hydrogen-bond acceptors (Lipinski definition) is 4. The number of rotatable bonds is 7. The first kappa shape index (κ1) is 21.4. The van der Waals surface area contributed by atoms with E-state index in [9.17, 15) is 13.2 Å². The lowest BCUT2D eigenvalue weighted by Gasteiger charge is -2.28. The van der Waals surface area contributed by atoms with Crippen LogP contribution in [0.15, 0.2) is 42.5 Å². The zero-order chi connectivity index (χ0) is 21.0. The molecule has 0 saturated carbocycles. The van der Waals surface area contributed by atoms with Crippen LogP contribution in [-0.2, 0) is 27.6 Å². The molecule has 6 heteroatoms. The molecule has 1 fully saturated rings. The van der Waals surface area contributed by atoms with Gasteiger partial charge in [-0.15, -0.1) is 0 Å². The van der Waals surface area contributed by atoms with Crippen molar-refractivity contribution < 1.29 is 17.9 Å². The van der Waals surface area contributed by atoms with E-state index < -0.39 is 9.84 Å². The van der Waals surface area contributed by atoms with Gasteiger partial charge in [-0.3, -0.25) is 4.79 Å². The molecular formula is C23H29NO4S. The summed E-state index contributed by atoms with van der Waals surface area (Å²) in [4.78, 5) is 14.8. The molecule has 29 heavy (non-hydrogen) atoms. The Hall–Kier alpha value is -2.34. The van der Waals surface area contributed by atoms with Crippen LogP contribution in [0.25, 0.3) is 0 Å². The van der Waals surface area contributed by atoms with Crippen LogP contribution in [0.5, 0.6) is 5.75 Å². The van der Waals surface area contributed by atoms with Gasteiger partial charge in [0.2, 0.25) is 0 Å². The van der Waals surface area contributed by atoms with E-state index in [2.05, 4.69) is 19.1 Å². The summed E-state index contributed by atoms with van der Waals surface area (Å²) < 4.78 is 29.9. The minimum absolute atomic E-state index is 0.0230. The molecule has 0 aliphatic carbocycles. The Morgan fingerprint density at radius 3 is 2.24 bits per heavy atom. The van der Waals surface area contributed by atoms with Crippen molar-refractivity contribution in [1.29, 1.82) is 0 Å². The standard InChI is InChI=1S/C23H29NO4S/c1-4-19-8-10-20(11-9-19)14-24(21-12-13-29(26,27)16-21)22(25)15-28-23-17(2)6-5-7-18(23)3/h5-11,21H,4,12-16H2,1-3H3/t21-/m0/s1. The van der Waals surface area contributed by atoms with Gasteiger partial charge in [0, 0.05) is 12.6 Å². The molecule has 5 nitrogen and oxygen atoms in total. The summed E-state index contributed by atoms with van der Waals surface area (Å²) in [7, 11) is -3.09. The Morgan fingerprint density at radius 1 is 1.07 bits per heavy atom. The number of ether oxygens (including phenoxy) is 1. The summed E-state index contributed by atoms with van der Waals surface area (Å²) in [6, 6.07) is 13.7. The maximum absolute atomic E-state index is 13.1. The van der Waals surface area contributed by atoms with Crippen LogP contribution in [0, 0.1) is 13.8 Å². The first-order chi connectivity index (χ1) is 13.8. The van der Waals surface area contributed by atoms with E-state index in [0.717, 1.165) is 23.1 Å². The number of nitrogens with zero attached hydrogens (tertiary/aromatic N) is 1. The molecule has 0 aromatic heterocycles. The fourth-order valence-corrected chi connectivity index (χ4v) is 5.49. The van der Waals surface area contributed by atoms with Gasteiger partial charge in [-0.1, -0.05) is 49.4 Å². The topological polar surface area (TPSA) is 63.7 Å². The number of amides is 1. The first-order valence-corrected chi connectivity index (χ1v) is 11.9. The average Bonchev–Trinajstić information content (AvgIpc) is 3.05. The van der Waals surface area contributed by atoms with Gasteiger partial charge in [-0.05, 0) is 48.9 Å². The zero-order valence-electron chi connectivity index (χ0n) is 17.3. The van der Waals surface area contributed by atoms with Crippen LogP contribution in [0.3, 0.4) is 0 Å². The van der Waals surface area contributed by atoms with E-state index in [1.165, 1.54) is 5.56 Å². The number of aryl methyl sites for hydroxylation is 3. The van der Waals surface area contributed by atoms with E-state index in [4.69, 9.17) is 4.74 Å². The number of para-hydroxylation sites is 1. The second-order valence-corrected chi connectivity index (χ2v) is 9.99. The van der Waals surface area contributed by atoms with Crippen molar-refractivity contribution in [1.82, 2.24) is 4.90 Å². The molecule has 1 saturated heterocycles. The first-order valence-electron chi connectivity index (χ1n) is 10.1. The summed E-state index contributed by atoms with van der Waals surface area (Å²) in [5.74, 6) is 0.685. The highest BCUT2D eigenvalue weighted by molar-refractivity contribution is 7.91. The summed E-state index contributed by atoms with van der Waals surface area (Å²) in [5.41, 5.74) is 4.17. The largest absolute Gasteiger partial charge is 0.483 e. The molecule has 1 amide bonds. The van der Waals surface area contributed by atoms with Gasteiger partial charge >= 0.3 is 0 Å². The number of carbonyl (C=O) groups is 1. The smallest absolute Gasteiger partial charge is 0.261 e. The lowest BCUT2D eigenvalue weighted by molar-refractivity contribution is -0.136. The summed E-state index contributed by atoms with van der Waals surface area (Å²) in [6.45, 7) is 6.28. The monoisotopic (exact) mass is 415 g/mol. The molecule has 1 aliphatic rings. The van der Waals surface area contributed by atoms with Crippen molar-refractivity contribution in [2.45, 2.75) is 46.2 Å². The molecule has 1 atom stereocenters. The molecule has 3 rings (SSSR count). The summed E-state index contributed by atoms with van der Waals surface area (Å²) in [6.07, 6.45) is 1.43. The van der Waals surface area contributed by atoms with E-state index in [-0.39, 0.29) is 30.1 Å². The average molecular weight is 416 g/mol. The fraction of sp³-hybridized carbons (Fsp3) is 0.435. The second-order valence-electron chi connectivity index (χ2n) is 7.76. The number of sulfone groups is 1. The molecule has 0 spiro atoms. The fourth-order valence-electron chi connectivity index (χ4n) is 3.76. The Labute approximate surface area is 173 Å². The van der Waals surface area contributed by atoms with Crippen molar-refractivity contribution >= 4 is 15.7 Å². The normalized spacial score (nSPS) is 17.8. The van der Waals surface area contributed by atoms with Crippen LogP contribution in [-0.4, -0.2) is 43.4 Å². The highest BCUT2D eigenvalue weighted by Gasteiger charge is 2.34. The predicted molar refractivity (Wildman–Crippen MR) is 115 cm³/mol. The van der Waals surface area contributed by atoms with Crippen LogP contribution >= 0.6 is 0 Å². The Bertz CT molecular complexity index is 947. The third kappa shape index (κ3) is 5.38. The van der Waals surface area contributed by atoms with Crippen LogP contribution < -0.4 is 4.74 Å². The van der Waals surface area contributed by atoms with Crippen molar-refractivity contribution in [3.05, 3.63) is 64.7 Å². The third-order valence-corrected chi connectivity index (χ3v) is 7.25. The molecule has 0 N–H and O–H groups in total. The van der Waals surface area contributed by atoms with Gasteiger partial charge in [0.15, 0.2) is 16.4 Å². The highest BCUT2D eigenvalue weighted by Crippen LogP contribution is 2.24. The zero-order valence-corrected chi connectivity index (χ0v) is 18.2. The maximum Gasteiger partial charge on any atom is 0.261 e. The van der Waals surface area contributed by atoms with E-state index in [0.29, 0.717) is 18.7 Å². The maximum atomic E-state index is 13.1. The van der Waals surface area contributed by atoms with Gasteiger partial charge in [-0.2, -0.15) is 0 Å². The van der Waals surface area contributed by atoms with Gasteiger partial charge in [0.25, 0.3) is 5.91 Å². The molecule has 0 radical (unpaired) electrons.